The van der Waals surface area contributed by atoms with Crippen molar-refractivity contribution in [2.45, 2.75) is 6.92 Å². The lowest BCUT2D eigenvalue weighted by Crippen LogP contribution is -2.12. The highest BCUT2D eigenvalue weighted by Crippen LogP contribution is 2.22. The maximum atomic E-state index is 12.7. The molecule has 0 bridgehead atoms. The Labute approximate surface area is 128 Å². The number of para-hydroxylation sites is 2. The molecule has 3 aromatic rings. The molecule has 3 rings (SSSR count). The highest BCUT2D eigenvalue weighted by Gasteiger charge is 2.12. The smallest absolute Gasteiger partial charge is 0.210 e. The molecule has 22 heavy (non-hydrogen) atoms. The third-order valence-corrected chi connectivity index (χ3v) is 3.27. The van der Waals surface area contributed by atoms with Gasteiger partial charge in [-0.25, -0.2) is 0 Å². The van der Waals surface area contributed by atoms with Crippen LogP contribution in [0.25, 0.3) is 11.0 Å². The molecule has 0 spiro atoms. The van der Waals surface area contributed by atoms with Crippen molar-refractivity contribution in [2.75, 3.05) is 11.9 Å². The van der Waals surface area contributed by atoms with Crippen molar-refractivity contribution in [1.29, 1.82) is 0 Å². The summed E-state index contributed by atoms with van der Waals surface area (Å²) < 4.78 is 5.87. The molecule has 1 heterocycles. The Hall–Kier alpha value is -2.88. The van der Waals surface area contributed by atoms with Crippen LogP contribution in [0.2, 0.25) is 0 Å². The first kappa shape index (κ1) is 14.1. The van der Waals surface area contributed by atoms with E-state index < -0.39 is 0 Å². The number of rotatable bonds is 4. The van der Waals surface area contributed by atoms with Gasteiger partial charge in [0, 0.05) is 18.4 Å². The van der Waals surface area contributed by atoms with Crippen LogP contribution in [-0.4, -0.2) is 12.8 Å². The SMILES string of the molecule is CCN=Cc1c(Nc2ccccc2)oc2ccccc2c1=O. The van der Waals surface area contributed by atoms with E-state index in [0.29, 0.717) is 29.0 Å². The quantitative estimate of drug-likeness (QED) is 0.740. The Morgan fingerprint density at radius 3 is 2.59 bits per heavy atom. The van der Waals surface area contributed by atoms with Gasteiger partial charge in [-0.3, -0.25) is 9.79 Å². The zero-order valence-electron chi connectivity index (χ0n) is 12.2. The maximum absolute atomic E-state index is 12.7. The second-order valence-corrected chi connectivity index (χ2v) is 4.79. The highest BCUT2D eigenvalue weighted by molar-refractivity contribution is 5.92. The molecule has 0 atom stereocenters. The van der Waals surface area contributed by atoms with Crippen LogP contribution in [0.3, 0.4) is 0 Å². The van der Waals surface area contributed by atoms with Gasteiger partial charge in [0.15, 0.2) is 0 Å². The predicted molar refractivity (Wildman–Crippen MR) is 90.3 cm³/mol. The molecule has 4 heteroatoms. The topological polar surface area (TPSA) is 54.6 Å². The number of nitrogens with one attached hydrogen (secondary N) is 1. The molecule has 1 aromatic heterocycles. The van der Waals surface area contributed by atoms with E-state index in [4.69, 9.17) is 4.42 Å². The van der Waals surface area contributed by atoms with E-state index >= 15 is 0 Å². The highest BCUT2D eigenvalue weighted by atomic mass is 16.3. The number of anilines is 2. The van der Waals surface area contributed by atoms with E-state index in [1.165, 1.54) is 0 Å². The molecule has 0 amide bonds. The van der Waals surface area contributed by atoms with E-state index in [1.807, 2.05) is 49.4 Å². The summed E-state index contributed by atoms with van der Waals surface area (Å²) in [5.74, 6) is 0.409. The van der Waals surface area contributed by atoms with Crippen LogP contribution in [-0.2, 0) is 0 Å². The summed E-state index contributed by atoms with van der Waals surface area (Å²) in [7, 11) is 0. The van der Waals surface area contributed by atoms with Gasteiger partial charge in [-0.2, -0.15) is 0 Å². The first-order valence-electron chi connectivity index (χ1n) is 7.17. The Morgan fingerprint density at radius 1 is 1.09 bits per heavy atom. The van der Waals surface area contributed by atoms with Gasteiger partial charge in [0.2, 0.25) is 11.3 Å². The second kappa shape index (κ2) is 6.26. The molecular weight excluding hydrogens is 276 g/mol. The summed E-state index contributed by atoms with van der Waals surface area (Å²) in [6.07, 6.45) is 1.57. The van der Waals surface area contributed by atoms with Crippen LogP contribution in [0.1, 0.15) is 12.5 Å². The van der Waals surface area contributed by atoms with Crippen molar-refractivity contribution in [3.05, 3.63) is 70.4 Å². The van der Waals surface area contributed by atoms with Gasteiger partial charge >= 0.3 is 0 Å². The van der Waals surface area contributed by atoms with Gasteiger partial charge in [-0.1, -0.05) is 30.3 Å². The lowest BCUT2D eigenvalue weighted by atomic mass is 10.1. The van der Waals surface area contributed by atoms with E-state index in [1.54, 1.807) is 18.3 Å². The Balaban J connectivity index is 2.18. The monoisotopic (exact) mass is 292 g/mol. The number of nitrogens with zero attached hydrogens (tertiary/aromatic N) is 1. The number of hydrogen-bond acceptors (Lipinski definition) is 4. The largest absolute Gasteiger partial charge is 0.439 e. The number of hydrogen-bond donors (Lipinski definition) is 1. The fraction of sp³-hybridized carbons (Fsp3) is 0.111. The zero-order valence-corrected chi connectivity index (χ0v) is 12.2. The van der Waals surface area contributed by atoms with Gasteiger partial charge in [0.1, 0.15) is 11.1 Å². The lowest BCUT2D eigenvalue weighted by molar-refractivity contribution is 0.621. The molecule has 0 aliphatic heterocycles. The molecule has 0 fully saturated rings. The standard InChI is InChI=1S/C18H16N2O2/c1-2-19-12-15-17(21)14-10-6-7-11-16(14)22-18(15)20-13-8-4-3-5-9-13/h3-12,20H,2H2,1H3. The molecule has 1 N–H and O–H groups in total. The Kier molecular flexibility index (Phi) is 4.01. The normalized spacial score (nSPS) is 11.1. The summed E-state index contributed by atoms with van der Waals surface area (Å²) in [5.41, 5.74) is 1.76. The summed E-state index contributed by atoms with van der Waals surface area (Å²) in [6.45, 7) is 2.53. The van der Waals surface area contributed by atoms with E-state index in [-0.39, 0.29) is 5.43 Å². The summed E-state index contributed by atoms with van der Waals surface area (Å²) in [4.78, 5) is 16.8. The number of benzene rings is 2. The van der Waals surface area contributed by atoms with Crippen molar-refractivity contribution >= 4 is 28.8 Å². The van der Waals surface area contributed by atoms with Crippen LogP contribution in [0.5, 0.6) is 0 Å². The van der Waals surface area contributed by atoms with Gasteiger partial charge < -0.3 is 9.73 Å². The Bertz CT molecular complexity index is 867. The molecule has 0 unspecified atom stereocenters. The van der Waals surface area contributed by atoms with Crippen LogP contribution in [0.4, 0.5) is 11.6 Å². The van der Waals surface area contributed by atoms with Gasteiger partial charge in [-0.15, -0.1) is 0 Å². The van der Waals surface area contributed by atoms with Crippen LogP contribution >= 0.6 is 0 Å². The van der Waals surface area contributed by atoms with Crippen LogP contribution in [0, 0.1) is 0 Å². The molecule has 4 nitrogen and oxygen atoms in total. The average molecular weight is 292 g/mol. The molecule has 0 aliphatic rings. The number of aliphatic imine (C=N–C) groups is 1. The van der Waals surface area contributed by atoms with Crippen molar-refractivity contribution in [3.63, 3.8) is 0 Å². The van der Waals surface area contributed by atoms with Crippen molar-refractivity contribution in [2.24, 2.45) is 4.99 Å². The molecule has 0 radical (unpaired) electrons. The van der Waals surface area contributed by atoms with Gasteiger partial charge in [-0.05, 0) is 31.2 Å². The molecule has 0 saturated heterocycles. The van der Waals surface area contributed by atoms with Crippen molar-refractivity contribution < 1.29 is 4.42 Å². The minimum absolute atomic E-state index is 0.0857. The van der Waals surface area contributed by atoms with Gasteiger partial charge in [0.05, 0.1) is 5.39 Å². The summed E-state index contributed by atoms with van der Waals surface area (Å²) in [6, 6.07) is 16.8. The number of fused-ring (bicyclic) bond motifs is 1. The lowest BCUT2D eigenvalue weighted by Gasteiger charge is -2.09. The molecule has 0 saturated carbocycles. The fourth-order valence-electron chi connectivity index (χ4n) is 2.20. The zero-order chi connectivity index (χ0) is 15.4. The summed E-state index contributed by atoms with van der Waals surface area (Å²) in [5, 5.41) is 3.71. The molecule has 2 aromatic carbocycles. The fourth-order valence-corrected chi connectivity index (χ4v) is 2.20. The van der Waals surface area contributed by atoms with Crippen molar-refractivity contribution in [3.8, 4) is 0 Å². The third-order valence-electron chi connectivity index (χ3n) is 3.27. The van der Waals surface area contributed by atoms with E-state index in [9.17, 15) is 4.79 Å². The predicted octanol–water partition coefficient (Wildman–Crippen LogP) is 3.98. The first-order chi connectivity index (χ1) is 10.8. The first-order valence-corrected chi connectivity index (χ1v) is 7.17. The summed E-state index contributed by atoms with van der Waals surface area (Å²) >= 11 is 0. The van der Waals surface area contributed by atoms with E-state index in [0.717, 1.165) is 5.69 Å². The van der Waals surface area contributed by atoms with Gasteiger partial charge in [0.25, 0.3) is 0 Å². The molecule has 0 aliphatic carbocycles. The van der Waals surface area contributed by atoms with E-state index in [2.05, 4.69) is 10.3 Å². The Morgan fingerprint density at radius 2 is 1.82 bits per heavy atom. The molecular formula is C18H16N2O2. The average Bonchev–Trinajstić information content (AvgIpc) is 2.56. The third kappa shape index (κ3) is 2.76. The molecule has 110 valence electrons. The van der Waals surface area contributed by atoms with Crippen LogP contribution in [0.15, 0.2) is 68.8 Å². The van der Waals surface area contributed by atoms with Crippen molar-refractivity contribution in [1.82, 2.24) is 0 Å². The minimum Gasteiger partial charge on any atom is -0.439 e. The second-order valence-electron chi connectivity index (χ2n) is 4.79. The maximum Gasteiger partial charge on any atom is 0.210 e. The van der Waals surface area contributed by atoms with Crippen LogP contribution < -0.4 is 10.7 Å². The minimum atomic E-state index is -0.0857.